The Morgan fingerprint density at radius 3 is 2.45 bits per heavy atom. The van der Waals surface area contributed by atoms with Gasteiger partial charge in [-0.1, -0.05) is 42.8 Å². The average Bonchev–Trinajstić information content (AvgIpc) is 2.78. The molecule has 0 fully saturated rings. The van der Waals surface area contributed by atoms with Crippen molar-refractivity contribution in [3.8, 4) is 5.75 Å². The number of benzene rings is 2. The fraction of sp³-hybridized carbons (Fsp3) is 0.391. The summed E-state index contributed by atoms with van der Waals surface area (Å²) < 4.78 is 31.3. The van der Waals surface area contributed by atoms with Crippen molar-refractivity contribution in [1.29, 1.82) is 0 Å². The Morgan fingerprint density at radius 2 is 1.85 bits per heavy atom. The Kier molecular flexibility index (Phi) is 9.55. The summed E-state index contributed by atoms with van der Waals surface area (Å²) in [5.41, 5.74) is 0.931. The van der Waals surface area contributed by atoms with Gasteiger partial charge in [-0.15, -0.1) is 0 Å². The van der Waals surface area contributed by atoms with Crippen molar-refractivity contribution >= 4 is 39.1 Å². The molecule has 0 bridgehead atoms. The van der Waals surface area contributed by atoms with E-state index in [1.54, 1.807) is 43.3 Å². The number of nitrogens with zero attached hydrogens (tertiary/aromatic N) is 2. The van der Waals surface area contributed by atoms with E-state index < -0.39 is 28.5 Å². The molecule has 0 aromatic heterocycles. The second-order valence-electron chi connectivity index (χ2n) is 7.56. The maximum atomic E-state index is 13.4. The van der Waals surface area contributed by atoms with Gasteiger partial charge < -0.3 is 15.0 Å². The first kappa shape index (κ1) is 26.5. The molecule has 0 unspecified atom stereocenters. The van der Waals surface area contributed by atoms with Crippen LogP contribution in [0.25, 0.3) is 0 Å². The lowest BCUT2D eigenvalue weighted by Crippen LogP contribution is -2.51. The molecule has 0 aliphatic carbocycles. The molecule has 0 aliphatic rings. The van der Waals surface area contributed by atoms with Crippen LogP contribution in [0, 0.1) is 0 Å². The van der Waals surface area contributed by atoms with Crippen LogP contribution in [0.3, 0.4) is 0 Å². The van der Waals surface area contributed by atoms with E-state index in [1.165, 1.54) is 18.1 Å². The molecule has 180 valence electrons. The van der Waals surface area contributed by atoms with Gasteiger partial charge in [0.25, 0.3) is 0 Å². The highest BCUT2D eigenvalue weighted by Crippen LogP contribution is 2.27. The Labute approximate surface area is 200 Å². The summed E-state index contributed by atoms with van der Waals surface area (Å²) in [5.74, 6) is -0.254. The normalized spacial score (nSPS) is 12.0. The Morgan fingerprint density at radius 1 is 1.15 bits per heavy atom. The Hall–Kier alpha value is -2.78. The third-order valence-electron chi connectivity index (χ3n) is 5.00. The zero-order chi connectivity index (χ0) is 24.6. The van der Waals surface area contributed by atoms with E-state index in [0.29, 0.717) is 12.3 Å². The molecular formula is C23H30ClN3O5S. The SMILES string of the molecule is CCCNC(=O)[C@H](C)N(Cc1cccc(OC)c1)C(=O)CN(c1ccccc1Cl)S(C)(=O)=O. The van der Waals surface area contributed by atoms with Gasteiger partial charge in [0.2, 0.25) is 21.8 Å². The standard InChI is InChI=1S/C23H30ClN3O5S/c1-5-13-25-23(29)17(2)26(15-18-9-8-10-19(14-18)32-3)22(28)16-27(33(4,30)31)21-12-7-6-11-20(21)24/h6-12,14,17H,5,13,15-16H2,1-4H3,(H,25,29)/t17-/m0/s1. The number of carbonyl (C=O) groups is 2. The highest BCUT2D eigenvalue weighted by atomic mass is 35.5. The summed E-state index contributed by atoms with van der Waals surface area (Å²) in [6, 6.07) is 12.7. The summed E-state index contributed by atoms with van der Waals surface area (Å²) in [7, 11) is -2.29. The number of anilines is 1. The number of para-hydroxylation sites is 1. The van der Waals surface area contributed by atoms with E-state index in [2.05, 4.69) is 5.32 Å². The minimum absolute atomic E-state index is 0.0941. The van der Waals surface area contributed by atoms with Gasteiger partial charge in [0.05, 0.1) is 24.1 Å². The number of hydrogen-bond donors (Lipinski definition) is 1. The van der Waals surface area contributed by atoms with Crippen LogP contribution in [-0.2, 0) is 26.2 Å². The van der Waals surface area contributed by atoms with E-state index in [-0.39, 0.29) is 23.2 Å². The van der Waals surface area contributed by atoms with E-state index in [9.17, 15) is 18.0 Å². The van der Waals surface area contributed by atoms with Crippen LogP contribution in [0.15, 0.2) is 48.5 Å². The molecule has 0 radical (unpaired) electrons. The van der Waals surface area contributed by atoms with Crippen LogP contribution < -0.4 is 14.4 Å². The second-order valence-corrected chi connectivity index (χ2v) is 9.88. The van der Waals surface area contributed by atoms with E-state index in [1.807, 2.05) is 13.0 Å². The second kappa shape index (κ2) is 11.9. The molecule has 10 heteroatoms. The molecule has 0 saturated carbocycles. The number of ether oxygens (including phenoxy) is 1. The average molecular weight is 496 g/mol. The molecule has 0 saturated heterocycles. The third-order valence-corrected chi connectivity index (χ3v) is 6.45. The van der Waals surface area contributed by atoms with Crippen molar-refractivity contribution < 1.29 is 22.7 Å². The smallest absolute Gasteiger partial charge is 0.244 e. The van der Waals surface area contributed by atoms with Gasteiger partial charge in [0.15, 0.2) is 0 Å². The summed E-state index contributed by atoms with van der Waals surface area (Å²) in [4.78, 5) is 27.5. The van der Waals surface area contributed by atoms with E-state index in [4.69, 9.17) is 16.3 Å². The summed E-state index contributed by atoms with van der Waals surface area (Å²) in [6.45, 7) is 3.61. The number of halogens is 1. The predicted octanol–water partition coefficient (Wildman–Crippen LogP) is 3.06. The largest absolute Gasteiger partial charge is 0.497 e. The highest BCUT2D eigenvalue weighted by molar-refractivity contribution is 7.92. The van der Waals surface area contributed by atoms with Gasteiger partial charge >= 0.3 is 0 Å². The molecule has 2 aromatic carbocycles. The molecule has 0 aliphatic heterocycles. The summed E-state index contributed by atoms with van der Waals surface area (Å²) >= 11 is 6.21. The molecule has 1 N–H and O–H groups in total. The molecule has 0 spiro atoms. The van der Waals surface area contributed by atoms with Gasteiger partial charge in [-0.3, -0.25) is 13.9 Å². The molecule has 2 rings (SSSR count). The number of rotatable bonds is 11. The van der Waals surface area contributed by atoms with Crippen LogP contribution >= 0.6 is 11.6 Å². The number of nitrogens with one attached hydrogen (secondary N) is 1. The van der Waals surface area contributed by atoms with Crippen molar-refractivity contribution in [2.45, 2.75) is 32.9 Å². The molecule has 0 heterocycles. The lowest BCUT2D eigenvalue weighted by Gasteiger charge is -2.31. The quantitative estimate of drug-likeness (QED) is 0.517. The van der Waals surface area contributed by atoms with Crippen molar-refractivity contribution in [1.82, 2.24) is 10.2 Å². The third kappa shape index (κ3) is 7.36. The van der Waals surface area contributed by atoms with Gasteiger partial charge in [-0.25, -0.2) is 8.42 Å². The number of carbonyl (C=O) groups excluding carboxylic acids is 2. The van der Waals surface area contributed by atoms with Gasteiger partial charge in [0.1, 0.15) is 18.3 Å². The summed E-state index contributed by atoms with van der Waals surface area (Å²) in [6.07, 6.45) is 1.75. The molecule has 2 amide bonds. The van der Waals surface area contributed by atoms with Gasteiger partial charge in [0, 0.05) is 13.1 Å². The topological polar surface area (TPSA) is 96.0 Å². The number of sulfonamides is 1. The number of methoxy groups -OCH3 is 1. The van der Waals surface area contributed by atoms with Crippen LogP contribution in [0.4, 0.5) is 5.69 Å². The van der Waals surface area contributed by atoms with Crippen molar-refractivity contribution in [3.63, 3.8) is 0 Å². The number of amides is 2. The fourth-order valence-corrected chi connectivity index (χ4v) is 4.34. The molecule has 8 nitrogen and oxygen atoms in total. The first-order chi connectivity index (χ1) is 15.6. The van der Waals surface area contributed by atoms with Crippen LogP contribution in [0.1, 0.15) is 25.8 Å². The van der Waals surface area contributed by atoms with Gasteiger partial charge in [-0.2, -0.15) is 0 Å². The van der Waals surface area contributed by atoms with Crippen LogP contribution in [-0.4, -0.2) is 57.6 Å². The van der Waals surface area contributed by atoms with Crippen LogP contribution in [0.2, 0.25) is 5.02 Å². The van der Waals surface area contributed by atoms with Gasteiger partial charge in [-0.05, 0) is 43.2 Å². The van der Waals surface area contributed by atoms with Crippen LogP contribution in [0.5, 0.6) is 5.75 Å². The van der Waals surface area contributed by atoms with E-state index in [0.717, 1.165) is 22.5 Å². The maximum Gasteiger partial charge on any atom is 0.244 e. The summed E-state index contributed by atoms with van der Waals surface area (Å²) in [5, 5.41) is 2.99. The first-order valence-corrected chi connectivity index (χ1v) is 12.7. The van der Waals surface area contributed by atoms with Crippen molar-refractivity contribution in [2.24, 2.45) is 0 Å². The monoisotopic (exact) mass is 495 g/mol. The lowest BCUT2D eigenvalue weighted by molar-refractivity contribution is -0.139. The zero-order valence-electron chi connectivity index (χ0n) is 19.2. The zero-order valence-corrected chi connectivity index (χ0v) is 20.8. The molecular weight excluding hydrogens is 466 g/mol. The van der Waals surface area contributed by atoms with Crippen molar-refractivity contribution in [2.75, 3.05) is 30.8 Å². The fourth-order valence-electron chi connectivity index (χ4n) is 3.19. The molecule has 2 aromatic rings. The minimum Gasteiger partial charge on any atom is -0.497 e. The Balaban J connectivity index is 2.39. The maximum absolute atomic E-state index is 13.4. The Bertz CT molecular complexity index is 1080. The molecule has 1 atom stereocenters. The lowest BCUT2D eigenvalue weighted by atomic mass is 10.1. The van der Waals surface area contributed by atoms with Crippen molar-refractivity contribution in [3.05, 3.63) is 59.1 Å². The predicted molar refractivity (Wildman–Crippen MR) is 130 cm³/mol. The first-order valence-electron chi connectivity index (χ1n) is 10.5. The molecule has 33 heavy (non-hydrogen) atoms. The van der Waals surface area contributed by atoms with E-state index >= 15 is 0 Å². The minimum atomic E-state index is -3.83. The highest BCUT2D eigenvalue weighted by Gasteiger charge is 2.30. The number of hydrogen-bond acceptors (Lipinski definition) is 5.